The number of amides is 1. The zero-order valence-electron chi connectivity index (χ0n) is 13.2. The van der Waals surface area contributed by atoms with Crippen molar-refractivity contribution in [2.45, 2.75) is 38.6 Å². The standard InChI is InChI=1S/C17H19ClFN3O/c1-10-17-14(4-3-5-15(17)22(2)21-10)20-16(23)8-11-6-7-12(19)9-13(11)18/h6-7,9,14H,3-5,8H2,1-2H3,(H,20,23). The Kier molecular flexibility index (Phi) is 4.39. The van der Waals surface area contributed by atoms with Crippen LogP contribution in [0.4, 0.5) is 4.39 Å². The van der Waals surface area contributed by atoms with Crippen LogP contribution in [0.15, 0.2) is 18.2 Å². The Bertz CT molecular complexity index is 757. The third kappa shape index (κ3) is 3.24. The zero-order chi connectivity index (χ0) is 16.6. The smallest absolute Gasteiger partial charge is 0.224 e. The lowest BCUT2D eigenvalue weighted by Crippen LogP contribution is -2.32. The van der Waals surface area contributed by atoms with Crippen molar-refractivity contribution in [2.24, 2.45) is 7.05 Å². The number of hydrogen-bond acceptors (Lipinski definition) is 2. The first-order valence-corrected chi connectivity index (χ1v) is 8.09. The summed E-state index contributed by atoms with van der Waals surface area (Å²) in [7, 11) is 1.94. The van der Waals surface area contributed by atoms with Gasteiger partial charge in [-0.15, -0.1) is 0 Å². The van der Waals surface area contributed by atoms with Gasteiger partial charge >= 0.3 is 0 Å². The van der Waals surface area contributed by atoms with Crippen molar-refractivity contribution < 1.29 is 9.18 Å². The summed E-state index contributed by atoms with van der Waals surface area (Å²) in [4.78, 5) is 12.4. The van der Waals surface area contributed by atoms with Gasteiger partial charge < -0.3 is 5.32 Å². The number of benzene rings is 1. The van der Waals surface area contributed by atoms with Crippen LogP contribution in [0.2, 0.25) is 5.02 Å². The molecule has 1 amide bonds. The lowest BCUT2D eigenvalue weighted by atomic mass is 9.91. The van der Waals surface area contributed by atoms with Gasteiger partial charge in [0.15, 0.2) is 0 Å². The van der Waals surface area contributed by atoms with Gasteiger partial charge in [0.2, 0.25) is 5.91 Å². The number of carbonyl (C=O) groups is 1. The quantitative estimate of drug-likeness (QED) is 0.936. The van der Waals surface area contributed by atoms with Crippen molar-refractivity contribution in [3.05, 3.63) is 51.6 Å². The second-order valence-corrected chi connectivity index (χ2v) is 6.40. The van der Waals surface area contributed by atoms with Crippen LogP contribution in [0, 0.1) is 12.7 Å². The Morgan fingerprint density at radius 3 is 3.04 bits per heavy atom. The molecule has 1 atom stereocenters. The Labute approximate surface area is 139 Å². The third-order valence-electron chi connectivity index (χ3n) is 4.35. The highest BCUT2D eigenvalue weighted by atomic mass is 35.5. The fourth-order valence-electron chi connectivity index (χ4n) is 3.32. The van der Waals surface area contributed by atoms with E-state index in [0.717, 1.165) is 30.5 Å². The van der Waals surface area contributed by atoms with E-state index >= 15 is 0 Å². The van der Waals surface area contributed by atoms with Crippen molar-refractivity contribution in [1.29, 1.82) is 0 Å². The van der Waals surface area contributed by atoms with E-state index in [9.17, 15) is 9.18 Å². The lowest BCUT2D eigenvalue weighted by Gasteiger charge is -2.24. The summed E-state index contributed by atoms with van der Waals surface area (Å²) < 4.78 is 15.0. The molecule has 2 aromatic rings. The maximum atomic E-state index is 13.1. The maximum absolute atomic E-state index is 13.1. The van der Waals surface area contributed by atoms with Crippen molar-refractivity contribution >= 4 is 17.5 Å². The summed E-state index contributed by atoms with van der Waals surface area (Å²) >= 11 is 5.99. The van der Waals surface area contributed by atoms with E-state index < -0.39 is 5.82 Å². The van der Waals surface area contributed by atoms with Gasteiger partial charge in [0, 0.05) is 23.3 Å². The number of hydrogen-bond donors (Lipinski definition) is 1. The maximum Gasteiger partial charge on any atom is 0.224 e. The van der Waals surface area contributed by atoms with Gasteiger partial charge in [-0.05, 0) is 43.9 Å². The molecule has 1 aliphatic rings. The molecule has 0 radical (unpaired) electrons. The van der Waals surface area contributed by atoms with Crippen molar-refractivity contribution in [1.82, 2.24) is 15.1 Å². The third-order valence-corrected chi connectivity index (χ3v) is 4.70. The highest BCUT2D eigenvalue weighted by Gasteiger charge is 2.27. The summed E-state index contributed by atoms with van der Waals surface area (Å²) in [5, 5.41) is 7.82. The van der Waals surface area contributed by atoms with Crippen LogP contribution in [0.25, 0.3) is 0 Å². The first kappa shape index (κ1) is 16.0. The van der Waals surface area contributed by atoms with Gasteiger partial charge in [0.05, 0.1) is 18.2 Å². The van der Waals surface area contributed by atoms with E-state index in [2.05, 4.69) is 10.4 Å². The van der Waals surface area contributed by atoms with Gasteiger partial charge in [-0.3, -0.25) is 9.48 Å². The van der Waals surface area contributed by atoms with Gasteiger partial charge in [0.1, 0.15) is 5.82 Å². The number of nitrogens with zero attached hydrogens (tertiary/aromatic N) is 2. The van der Waals surface area contributed by atoms with Gasteiger partial charge in [-0.25, -0.2) is 4.39 Å². The zero-order valence-corrected chi connectivity index (χ0v) is 14.0. The van der Waals surface area contributed by atoms with Gasteiger partial charge in [-0.1, -0.05) is 17.7 Å². The summed E-state index contributed by atoms with van der Waals surface area (Å²) in [6.07, 6.45) is 3.06. The molecule has 0 spiro atoms. The molecule has 4 nitrogen and oxygen atoms in total. The number of nitrogens with one attached hydrogen (secondary N) is 1. The van der Waals surface area contributed by atoms with Crippen LogP contribution in [0.5, 0.6) is 0 Å². The average molecular weight is 336 g/mol. The second-order valence-electron chi connectivity index (χ2n) is 5.99. The van der Waals surface area contributed by atoms with E-state index in [1.165, 1.54) is 17.8 Å². The van der Waals surface area contributed by atoms with E-state index in [4.69, 9.17) is 11.6 Å². The molecule has 23 heavy (non-hydrogen) atoms. The van der Waals surface area contributed by atoms with Gasteiger partial charge in [-0.2, -0.15) is 5.10 Å². The predicted octanol–water partition coefficient (Wildman–Crippen LogP) is 3.26. The van der Waals surface area contributed by atoms with Crippen LogP contribution in [0.1, 0.15) is 41.4 Å². The Balaban J connectivity index is 1.74. The molecule has 122 valence electrons. The number of aryl methyl sites for hydroxylation is 2. The largest absolute Gasteiger partial charge is 0.349 e. The molecule has 0 saturated heterocycles. The minimum atomic E-state index is -0.401. The fraction of sp³-hybridized carbons (Fsp3) is 0.412. The molecule has 0 bridgehead atoms. The molecule has 1 aromatic heterocycles. The van der Waals surface area contributed by atoms with Gasteiger partial charge in [0.25, 0.3) is 0 Å². The lowest BCUT2D eigenvalue weighted by molar-refractivity contribution is -0.121. The number of carbonyl (C=O) groups excluding carboxylic acids is 1. The van der Waals surface area contributed by atoms with Crippen LogP contribution >= 0.6 is 11.6 Å². The molecule has 1 N–H and O–H groups in total. The van der Waals surface area contributed by atoms with E-state index in [1.54, 1.807) is 6.07 Å². The Morgan fingerprint density at radius 2 is 2.30 bits per heavy atom. The first-order valence-electron chi connectivity index (χ1n) is 7.71. The number of rotatable bonds is 3. The van der Waals surface area contributed by atoms with Crippen molar-refractivity contribution in [3.63, 3.8) is 0 Å². The minimum Gasteiger partial charge on any atom is -0.349 e. The normalized spacial score (nSPS) is 17.0. The van der Waals surface area contributed by atoms with Crippen molar-refractivity contribution in [3.8, 4) is 0 Å². The summed E-state index contributed by atoms with van der Waals surface area (Å²) in [5.41, 5.74) is 3.92. The molecule has 1 unspecified atom stereocenters. The molecular weight excluding hydrogens is 317 g/mol. The molecule has 1 aromatic carbocycles. The molecule has 6 heteroatoms. The van der Waals surface area contributed by atoms with Crippen LogP contribution in [-0.2, 0) is 24.7 Å². The summed E-state index contributed by atoms with van der Waals surface area (Å²) in [6, 6.07) is 4.09. The molecule has 3 rings (SSSR count). The Morgan fingerprint density at radius 1 is 1.52 bits per heavy atom. The van der Waals surface area contributed by atoms with Crippen LogP contribution < -0.4 is 5.32 Å². The molecule has 0 fully saturated rings. The number of fused-ring (bicyclic) bond motifs is 1. The molecule has 0 aliphatic heterocycles. The average Bonchev–Trinajstić information content (AvgIpc) is 2.78. The highest BCUT2D eigenvalue weighted by Crippen LogP contribution is 2.32. The molecular formula is C17H19ClFN3O. The monoisotopic (exact) mass is 335 g/mol. The molecule has 0 saturated carbocycles. The second kappa shape index (κ2) is 6.32. The van der Waals surface area contributed by atoms with Crippen LogP contribution in [-0.4, -0.2) is 15.7 Å². The molecule has 1 heterocycles. The Hall–Kier alpha value is -1.88. The summed E-state index contributed by atoms with van der Waals surface area (Å²) in [5.74, 6) is -0.512. The number of halogens is 2. The molecule has 1 aliphatic carbocycles. The van der Waals surface area contributed by atoms with E-state index in [1.807, 2.05) is 18.7 Å². The number of aromatic nitrogens is 2. The topological polar surface area (TPSA) is 46.9 Å². The van der Waals surface area contributed by atoms with E-state index in [0.29, 0.717) is 5.56 Å². The fourth-order valence-corrected chi connectivity index (χ4v) is 3.55. The van der Waals surface area contributed by atoms with E-state index in [-0.39, 0.29) is 23.4 Å². The van der Waals surface area contributed by atoms with Crippen LogP contribution in [0.3, 0.4) is 0 Å². The SMILES string of the molecule is Cc1nn(C)c2c1C(NC(=O)Cc1ccc(F)cc1Cl)CCC2. The minimum absolute atomic E-state index is 0.0147. The highest BCUT2D eigenvalue weighted by molar-refractivity contribution is 6.31. The summed E-state index contributed by atoms with van der Waals surface area (Å²) in [6.45, 7) is 1.97. The van der Waals surface area contributed by atoms with Crippen molar-refractivity contribution in [2.75, 3.05) is 0 Å². The first-order chi connectivity index (χ1) is 11.0. The predicted molar refractivity (Wildman–Crippen MR) is 86.9 cm³/mol.